The van der Waals surface area contributed by atoms with Crippen LogP contribution in [0.3, 0.4) is 0 Å². The van der Waals surface area contributed by atoms with Crippen LogP contribution >= 0.6 is 11.3 Å². The van der Waals surface area contributed by atoms with Gasteiger partial charge in [-0.3, -0.25) is 4.98 Å². The molecule has 0 aromatic carbocycles. The maximum atomic E-state index is 11.0. The number of carboxylic acids is 1. The van der Waals surface area contributed by atoms with Crippen molar-refractivity contribution < 1.29 is 9.90 Å². The third-order valence-electron chi connectivity index (χ3n) is 2.58. The van der Waals surface area contributed by atoms with Crippen molar-refractivity contribution in [3.8, 4) is 0 Å². The average molecular weight is 262 g/mol. The SMILES string of the molecule is CC(Cc1ccsc1)Nc1ccncc1C(=O)O. The standard InChI is InChI=1S/C13H14N2O2S/c1-9(6-10-3-5-18-8-10)15-12-2-4-14-7-11(12)13(16)17/h2-5,7-9H,6H2,1H3,(H,14,15)(H,16,17). The van der Waals surface area contributed by atoms with Crippen LogP contribution in [0.5, 0.6) is 0 Å². The Kier molecular flexibility index (Phi) is 3.94. The quantitative estimate of drug-likeness (QED) is 0.869. The lowest BCUT2D eigenvalue weighted by molar-refractivity contribution is 0.0697. The second kappa shape index (κ2) is 5.64. The second-order valence-corrected chi connectivity index (χ2v) is 4.89. The topological polar surface area (TPSA) is 62.2 Å². The Hall–Kier alpha value is -1.88. The molecule has 0 saturated heterocycles. The molecule has 18 heavy (non-hydrogen) atoms. The van der Waals surface area contributed by atoms with Crippen LogP contribution in [-0.2, 0) is 6.42 Å². The summed E-state index contributed by atoms with van der Waals surface area (Å²) < 4.78 is 0. The van der Waals surface area contributed by atoms with Crippen molar-refractivity contribution in [3.05, 3.63) is 46.4 Å². The molecule has 0 bridgehead atoms. The van der Waals surface area contributed by atoms with Crippen molar-refractivity contribution in [2.45, 2.75) is 19.4 Å². The normalized spacial score (nSPS) is 12.1. The van der Waals surface area contributed by atoms with Gasteiger partial charge in [0.25, 0.3) is 0 Å². The summed E-state index contributed by atoms with van der Waals surface area (Å²) in [6.07, 6.45) is 3.82. The van der Waals surface area contributed by atoms with Crippen molar-refractivity contribution >= 4 is 23.0 Å². The van der Waals surface area contributed by atoms with Gasteiger partial charge in [0.15, 0.2) is 0 Å². The number of pyridine rings is 1. The smallest absolute Gasteiger partial charge is 0.339 e. The molecule has 1 unspecified atom stereocenters. The van der Waals surface area contributed by atoms with E-state index in [1.165, 1.54) is 11.8 Å². The lowest BCUT2D eigenvalue weighted by atomic mass is 10.1. The number of hydrogen-bond donors (Lipinski definition) is 2. The first-order valence-corrected chi connectivity index (χ1v) is 6.56. The summed E-state index contributed by atoms with van der Waals surface area (Å²) in [7, 11) is 0. The number of aromatic nitrogens is 1. The van der Waals surface area contributed by atoms with Gasteiger partial charge in [0, 0.05) is 18.4 Å². The van der Waals surface area contributed by atoms with Crippen LogP contribution in [-0.4, -0.2) is 22.1 Å². The summed E-state index contributed by atoms with van der Waals surface area (Å²) in [5.41, 5.74) is 2.07. The minimum absolute atomic E-state index is 0.167. The highest BCUT2D eigenvalue weighted by molar-refractivity contribution is 7.07. The van der Waals surface area contributed by atoms with Crippen LogP contribution in [0, 0.1) is 0 Å². The third-order valence-corrected chi connectivity index (χ3v) is 3.31. The van der Waals surface area contributed by atoms with Gasteiger partial charge in [0.1, 0.15) is 5.56 Å². The Balaban J connectivity index is 2.07. The van der Waals surface area contributed by atoms with Crippen molar-refractivity contribution in [2.75, 3.05) is 5.32 Å². The first-order valence-electron chi connectivity index (χ1n) is 5.61. The molecule has 0 spiro atoms. The number of rotatable bonds is 5. The number of hydrogen-bond acceptors (Lipinski definition) is 4. The summed E-state index contributed by atoms with van der Waals surface area (Å²) in [4.78, 5) is 14.9. The number of anilines is 1. The number of nitrogens with one attached hydrogen (secondary N) is 1. The molecule has 0 fully saturated rings. The summed E-state index contributed by atoms with van der Waals surface area (Å²) in [5.74, 6) is -0.965. The van der Waals surface area contributed by atoms with Gasteiger partial charge in [0.05, 0.1) is 5.69 Å². The van der Waals surface area contributed by atoms with Gasteiger partial charge in [0.2, 0.25) is 0 Å². The molecule has 2 N–H and O–H groups in total. The monoisotopic (exact) mass is 262 g/mol. The molecule has 0 saturated carbocycles. The lowest BCUT2D eigenvalue weighted by Gasteiger charge is -2.16. The van der Waals surface area contributed by atoms with Crippen LogP contribution in [0.4, 0.5) is 5.69 Å². The highest BCUT2D eigenvalue weighted by Gasteiger charge is 2.12. The van der Waals surface area contributed by atoms with Gasteiger partial charge in [-0.2, -0.15) is 11.3 Å². The Labute approximate surface area is 109 Å². The minimum Gasteiger partial charge on any atom is -0.478 e. The minimum atomic E-state index is -0.965. The zero-order chi connectivity index (χ0) is 13.0. The molecule has 4 nitrogen and oxygen atoms in total. The molecular formula is C13H14N2O2S. The number of nitrogens with zero attached hydrogens (tertiary/aromatic N) is 1. The molecule has 94 valence electrons. The molecule has 0 aliphatic rings. The maximum absolute atomic E-state index is 11.0. The highest BCUT2D eigenvalue weighted by atomic mass is 32.1. The fourth-order valence-corrected chi connectivity index (χ4v) is 2.45. The van der Waals surface area contributed by atoms with Crippen LogP contribution in [0.2, 0.25) is 0 Å². The van der Waals surface area contributed by atoms with E-state index in [1.54, 1.807) is 23.6 Å². The van der Waals surface area contributed by atoms with E-state index in [-0.39, 0.29) is 11.6 Å². The summed E-state index contributed by atoms with van der Waals surface area (Å²) in [6, 6.07) is 3.93. The fourth-order valence-electron chi connectivity index (χ4n) is 1.77. The molecule has 2 aromatic rings. The van der Waals surface area contributed by atoms with Crippen LogP contribution < -0.4 is 5.32 Å². The van der Waals surface area contributed by atoms with Gasteiger partial charge in [-0.05, 0) is 41.8 Å². The molecule has 2 aromatic heterocycles. The largest absolute Gasteiger partial charge is 0.478 e. The molecule has 0 amide bonds. The summed E-state index contributed by atoms with van der Waals surface area (Å²) >= 11 is 1.66. The van der Waals surface area contributed by atoms with E-state index >= 15 is 0 Å². The summed E-state index contributed by atoms with van der Waals surface area (Å²) in [5, 5.41) is 16.4. The van der Waals surface area contributed by atoms with Crippen molar-refractivity contribution in [3.63, 3.8) is 0 Å². The third kappa shape index (κ3) is 3.07. The molecular weight excluding hydrogens is 248 g/mol. The zero-order valence-electron chi connectivity index (χ0n) is 9.96. The number of aromatic carboxylic acids is 1. The first kappa shape index (κ1) is 12.6. The lowest BCUT2D eigenvalue weighted by Crippen LogP contribution is -2.19. The fraction of sp³-hybridized carbons (Fsp3) is 0.231. The number of thiophene rings is 1. The van der Waals surface area contributed by atoms with Gasteiger partial charge in [-0.1, -0.05) is 0 Å². The molecule has 0 aliphatic heterocycles. The van der Waals surface area contributed by atoms with Gasteiger partial charge in [-0.25, -0.2) is 4.79 Å². The number of carboxylic acid groups (broad SMARTS) is 1. The van der Waals surface area contributed by atoms with E-state index < -0.39 is 5.97 Å². The zero-order valence-corrected chi connectivity index (χ0v) is 10.8. The molecule has 0 radical (unpaired) electrons. The number of carbonyl (C=O) groups is 1. The predicted octanol–water partition coefficient (Wildman–Crippen LogP) is 2.88. The van der Waals surface area contributed by atoms with Gasteiger partial charge in [-0.15, -0.1) is 0 Å². The van der Waals surface area contributed by atoms with Crippen LogP contribution in [0.1, 0.15) is 22.8 Å². The molecule has 2 rings (SSSR count). The van der Waals surface area contributed by atoms with E-state index in [4.69, 9.17) is 5.11 Å². The van der Waals surface area contributed by atoms with Crippen molar-refractivity contribution in [1.82, 2.24) is 4.98 Å². The Morgan fingerprint density at radius 2 is 2.39 bits per heavy atom. The molecule has 1 atom stereocenters. The van der Waals surface area contributed by atoms with E-state index in [0.717, 1.165) is 6.42 Å². The van der Waals surface area contributed by atoms with E-state index in [2.05, 4.69) is 21.7 Å². The van der Waals surface area contributed by atoms with Crippen molar-refractivity contribution in [2.24, 2.45) is 0 Å². The van der Waals surface area contributed by atoms with Crippen molar-refractivity contribution in [1.29, 1.82) is 0 Å². The molecule has 0 aliphatic carbocycles. The van der Waals surface area contributed by atoms with E-state index in [9.17, 15) is 4.79 Å². The highest BCUT2D eigenvalue weighted by Crippen LogP contribution is 2.17. The maximum Gasteiger partial charge on any atom is 0.339 e. The predicted molar refractivity (Wildman–Crippen MR) is 72.3 cm³/mol. The molecule has 5 heteroatoms. The first-order chi connectivity index (χ1) is 8.66. The second-order valence-electron chi connectivity index (χ2n) is 4.11. The van der Waals surface area contributed by atoms with Gasteiger partial charge >= 0.3 is 5.97 Å². The Morgan fingerprint density at radius 3 is 3.06 bits per heavy atom. The van der Waals surface area contributed by atoms with Crippen LogP contribution in [0.15, 0.2) is 35.3 Å². The molecule has 2 heterocycles. The average Bonchev–Trinajstić information content (AvgIpc) is 2.82. The van der Waals surface area contributed by atoms with E-state index in [1.807, 2.05) is 12.3 Å². The van der Waals surface area contributed by atoms with E-state index in [0.29, 0.717) is 5.69 Å². The van der Waals surface area contributed by atoms with Crippen LogP contribution in [0.25, 0.3) is 0 Å². The Bertz CT molecular complexity index is 526. The Morgan fingerprint density at radius 1 is 1.56 bits per heavy atom. The van der Waals surface area contributed by atoms with Gasteiger partial charge < -0.3 is 10.4 Å². The summed E-state index contributed by atoms with van der Waals surface area (Å²) in [6.45, 7) is 2.03.